The molecule has 2 atom stereocenters. The maximum Gasteiger partial charge on any atom is 0.472 e. The molecule has 0 aliphatic rings. The third kappa shape index (κ3) is 42.0. The molecule has 0 fully saturated rings. The van der Waals surface area contributed by atoms with E-state index in [0.717, 1.165) is 77.0 Å². The molecule has 9 nitrogen and oxygen atoms in total. The van der Waals surface area contributed by atoms with Gasteiger partial charge in [0, 0.05) is 12.8 Å². The van der Waals surface area contributed by atoms with E-state index in [1.54, 1.807) is 0 Å². The number of quaternary nitrogens is 1. The van der Waals surface area contributed by atoms with Crippen molar-refractivity contribution in [2.24, 2.45) is 0 Å². The van der Waals surface area contributed by atoms with E-state index in [1.807, 2.05) is 63.7 Å². The van der Waals surface area contributed by atoms with Gasteiger partial charge in [0.05, 0.1) is 27.7 Å². The number of carbonyl (C=O) groups is 2. The molecular weight excluding hydrogens is 750 g/mol. The number of hydrogen-bond acceptors (Lipinski definition) is 7. The van der Waals surface area contributed by atoms with Crippen molar-refractivity contribution in [3.05, 3.63) is 122 Å². The van der Waals surface area contributed by atoms with Crippen LogP contribution in [-0.4, -0.2) is 74.9 Å². The van der Waals surface area contributed by atoms with Gasteiger partial charge in [-0.1, -0.05) is 155 Å². The largest absolute Gasteiger partial charge is 0.472 e. The molecule has 0 saturated heterocycles. The minimum absolute atomic E-state index is 0.00591. The van der Waals surface area contributed by atoms with Crippen LogP contribution < -0.4 is 0 Å². The number of likely N-dealkylation sites (N-methyl/N-ethyl adjacent to an activating group) is 1. The fourth-order valence-electron chi connectivity index (χ4n) is 4.81. The van der Waals surface area contributed by atoms with Crippen molar-refractivity contribution in [3.63, 3.8) is 0 Å². The summed E-state index contributed by atoms with van der Waals surface area (Å²) >= 11 is 0. The van der Waals surface area contributed by atoms with Crippen LogP contribution in [0.2, 0.25) is 0 Å². The minimum Gasteiger partial charge on any atom is -0.462 e. The Kier molecular flexibility index (Phi) is 36.5. The number of esters is 2. The Balaban J connectivity index is 4.58. The van der Waals surface area contributed by atoms with Crippen LogP contribution in [0.1, 0.15) is 117 Å². The third-order valence-electron chi connectivity index (χ3n) is 8.10. The SMILES string of the molecule is CC/C=C/C=C/C=C/C=C/CCCCCCCC(=O)OC[C@H](COP(=O)(O)OCC[N+](C)(C)C)OC(=O)CC/C=C/C/C=C/C/C=C/C/C=C/C/C=C/C/C=C/CC. The summed E-state index contributed by atoms with van der Waals surface area (Å²) in [4.78, 5) is 35.3. The lowest BCUT2D eigenvalue weighted by Crippen LogP contribution is -2.37. The summed E-state index contributed by atoms with van der Waals surface area (Å²) in [5, 5.41) is 0. The molecule has 58 heavy (non-hydrogen) atoms. The van der Waals surface area contributed by atoms with E-state index < -0.39 is 32.5 Å². The molecule has 0 heterocycles. The number of rotatable bonds is 36. The monoisotopic (exact) mass is 827 g/mol. The van der Waals surface area contributed by atoms with E-state index in [4.69, 9.17) is 18.5 Å². The Morgan fingerprint density at radius 1 is 0.552 bits per heavy atom. The van der Waals surface area contributed by atoms with Crippen molar-refractivity contribution in [3.8, 4) is 0 Å². The summed E-state index contributed by atoms with van der Waals surface area (Å²) in [6.07, 6.45) is 54.1. The fraction of sp³-hybridized carbons (Fsp3) is 0.542. The lowest BCUT2D eigenvalue weighted by atomic mass is 10.1. The molecule has 10 heteroatoms. The second kappa shape index (κ2) is 38.9. The normalized spacial score (nSPS) is 14.8. The number of hydrogen-bond donors (Lipinski definition) is 1. The highest BCUT2D eigenvalue weighted by molar-refractivity contribution is 7.47. The van der Waals surface area contributed by atoms with Crippen molar-refractivity contribution in [2.75, 3.05) is 47.5 Å². The second-order valence-corrected chi connectivity index (χ2v) is 16.2. The molecule has 0 aliphatic carbocycles. The van der Waals surface area contributed by atoms with Crippen molar-refractivity contribution < 1.29 is 42.1 Å². The number of allylic oxidation sites excluding steroid dienone is 20. The van der Waals surface area contributed by atoms with Crippen molar-refractivity contribution >= 4 is 19.8 Å². The molecule has 0 bridgehead atoms. The quantitative estimate of drug-likeness (QED) is 0.0166. The molecule has 0 aromatic carbocycles. The first-order chi connectivity index (χ1) is 28.0. The molecule has 1 unspecified atom stereocenters. The van der Waals surface area contributed by atoms with Crippen LogP contribution in [0.3, 0.4) is 0 Å². The second-order valence-electron chi connectivity index (χ2n) is 14.7. The van der Waals surface area contributed by atoms with E-state index in [0.29, 0.717) is 23.9 Å². The molecule has 0 saturated carbocycles. The molecular formula is C48H77NO8P+. The van der Waals surface area contributed by atoms with Crippen LogP contribution in [0.15, 0.2) is 122 Å². The molecule has 0 aromatic heterocycles. The van der Waals surface area contributed by atoms with E-state index in [1.165, 1.54) is 0 Å². The Morgan fingerprint density at radius 3 is 1.62 bits per heavy atom. The molecule has 0 amide bonds. The van der Waals surface area contributed by atoms with Crippen molar-refractivity contribution in [1.82, 2.24) is 0 Å². The maximum absolute atomic E-state index is 12.7. The van der Waals surface area contributed by atoms with Crippen molar-refractivity contribution in [2.45, 2.75) is 123 Å². The lowest BCUT2D eigenvalue weighted by Gasteiger charge is -2.24. The Morgan fingerprint density at radius 2 is 1.05 bits per heavy atom. The summed E-state index contributed by atoms with van der Waals surface area (Å²) in [6.45, 7) is 4.01. The first-order valence-electron chi connectivity index (χ1n) is 21.3. The topological polar surface area (TPSA) is 108 Å². The molecule has 0 aliphatic heterocycles. The van der Waals surface area contributed by atoms with Gasteiger partial charge in [-0.05, 0) is 70.6 Å². The summed E-state index contributed by atoms with van der Waals surface area (Å²) in [5.41, 5.74) is 0. The number of unbranched alkanes of at least 4 members (excludes halogenated alkanes) is 5. The van der Waals surface area contributed by atoms with E-state index in [9.17, 15) is 19.0 Å². The number of carbonyl (C=O) groups excluding carboxylic acids is 2. The molecule has 326 valence electrons. The highest BCUT2D eigenvalue weighted by Crippen LogP contribution is 2.43. The van der Waals surface area contributed by atoms with Gasteiger partial charge < -0.3 is 18.9 Å². The van der Waals surface area contributed by atoms with E-state index in [-0.39, 0.29) is 26.1 Å². The molecule has 0 spiro atoms. The Bertz CT molecular complexity index is 1390. The number of phosphoric ester groups is 1. The average molecular weight is 827 g/mol. The predicted octanol–water partition coefficient (Wildman–Crippen LogP) is 12.1. The van der Waals surface area contributed by atoms with Gasteiger partial charge in [0.2, 0.25) is 0 Å². The number of phosphoric acid groups is 1. The molecule has 1 N–H and O–H groups in total. The predicted molar refractivity (Wildman–Crippen MR) is 242 cm³/mol. The van der Waals surface area contributed by atoms with Gasteiger partial charge in [0.1, 0.15) is 19.8 Å². The van der Waals surface area contributed by atoms with Crippen LogP contribution in [0.5, 0.6) is 0 Å². The van der Waals surface area contributed by atoms with Crippen LogP contribution in [0.4, 0.5) is 0 Å². The Hall–Kier alpha value is -3.59. The van der Waals surface area contributed by atoms with Crippen LogP contribution in [0.25, 0.3) is 0 Å². The summed E-state index contributed by atoms with van der Waals surface area (Å²) in [7, 11) is 1.39. The van der Waals surface area contributed by atoms with Crippen LogP contribution in [0, 0.1) is 0 Å². The highest BCUT2D eigenvalue weighted by Gasteiger charge is 2.27. The fourth-order valence-corrected chi connectivity index (χ4v) is 5.55. The van der Waals surface area contributed by atoms with Gasteiger partial charge in [-0.3, -0.25) is 18.6 Å². The zero-order valence-corrected chi connectivity index (χ0v) is 37.4. The van der Waals surface area contributed by atoms with Gasteiger partial charge in [-0.2, -0.15) is 0 Å². The smallest absolute Gasteiger partial charge is 0.462 e. The molecule has 0 radical (unpaired) electrons. The average Bonchev–Trinajstić information content (AvgIpc) is 3.17. The van der Waals surface area contributed by atoms with Gasteiger partial charge in [-0.25, -0.2) is 4.57 Å². The first-order valence-corrected chi connectivity index (χ1v) is 22.8. The lowest BCUT2D eigenvalue weighted by molar-refractivity contribution is -0.870. The van der Waals surface area contributed by atoms with Gasteiger partial charge in [0.15, 0.2) is 6.10 Å². The summed E-state index contributed by atoms with van der Waals surface area (Å²) in [6, 6.07) is 0. The van der Waals surface area contributed by atoms with Gasteiger partial charge in [-0.15, -0.1) is 0 Å². The molecule has 0 rings (SSSR count). The Labute approximate surface area is 352 Å². The zero-order chi connectivity index (χ0) is 42.8. The molecule has 0 aromatic rings. The standard InChI is InChI=1S/C48H76NO8P/c1-6-8-10-12-14-16-18-20-22-23-24-25-27-29-31-33-35-37-39-41-48(51)57-46(45-56-58(52,53)55-43-42-49(3,4)5)44-54-47(50)40-38-36-34-32-30-28-26-21-19-17-15-13-11-9-7-2/h8-11,13-17,19-22,24-26,29,31,35,37,46H,6-7,12,18,23,27-28,30,32-34,36,38-45H2,1-5H3/p+1/b10-8+,11-9+,15-13+,16-14+,19-17+,22-20+,25-24+,26-21+,31-29+,37-35+/t46-/m1/s1. The first kappa shape index (κ1) is 54.4. The van der Waals surface area contributed by atoms with E-state index >= 15 is 0 Å². The van der Waals surface area contributed by atoms with Crippen molar-refractivity contribution in [1.29, 1.82) is 0 Å². The maximum atomic E-state index is 12.7. The third-order valence-corrected chi connectivity index (χ3v) is 9.08. The summed E-state index contributed by atoms with van der Waals surface area (Å²) in [5.74, 6) is -0.940. The van der Waals surface area contributed by atoms with Crippen LogP contribution in [-0.2, 0) is 32.7 Å². The highest BCUT2D eigenvalue weighted by atomic mass is 31.2. The number of nitrogens with zero attached hydrogens (tertiary/aromatic N) is 1. The van der Waals surface area contributed by atoms with Gasteiger partial charge >= 0.3 is 19.8 Å². The van der Waals surface area contributed by atoms with E-state index in [2.05, 4.69) is 92.8 Å². The zero-order valence-electron chi connectivity index (χ0n) is 36.5. The van der Waals surface area contributed by atoms with Crippen LogP contribution >= 0.6 is 7.82 Å². The van der Waals surface area contributed by atoms with Gasteiger partial charge in [0.25, 0.3) is 0 Å². The number of ether oxygens (including phenoxy) is 2. The summed E-state index contributed by atoms with van der Waals surface area (Å²) < 4.78 is 34.1. The minimum atomic E-state index is -4.41.